The van der Waals surface area contributed by atoms with Gasteiger partial charge in [0.05, 0.1) is 12.3 Å². The van der Waals surface area contributed by atoms with E-state index >= 15 is 0 Å². The van der Waals surface area contributed by atoms with E-state index in [9.17, 15) is 4.79 Å². The van der Waals surface area contributed by atoms with Crippen LogP contribution in [0.3, 0.4) is 0 Å². The fraction of sp³-hybridized carbons (Fsp3) is 0.520. The van der Waals surface area contributed by atoms with Gasteiger partial charge in [-0.05, 0) is 69.1 Å². The lowest BCUT2D eigenvalue weighted by atomic mass is 10.1. The monoisotopic (exact) mass is 439 g/mol. The largest absolute Gasteiger partial charge is 0.468 e. The predicted molar refractivity (Wildman–Crippen MR) is 129 cm³/mol. The summed E-state index contributed by atoms with van der Waals surface area (Å²) in [4.78, 5) is 19.1. The number of benzene rings is 1. The maximum absolute atomic E-state index is 12.2. The number of aliphatic imine (C=N–C) groups is 1. The van der Waals surface area contributed by atoms with Crippen LogP contribution in [0.15, 0.2) is 52.1 Å². The molecule has 1 aromatic carbocycles. The van der Waals surface area contributed by atoms with Crippen LogP contribution in [0, 0.1) is 0 Å². The van der Waals surface area contributed by atoms with Gasteiger partial charge in [0.2, 0.25) is 0 Å². The minimum Gasteiger partial charge on any atom is -0.468 e. The summed E-state index contributed by atoms with van der Waals surface area (Å²) < 4.78 is 5.73. The highest BCUT2D eigenvalue weighted by Gasteiger charge is 2.24. The summed E-state index contributed by atoms with van der Waals surface area (Å²) in [5.41, 5.74) is 1.77. The molecule has 0 bridgehead atoms. The first-order valence-electron chi connectivity index (χ1n) is 11.7. The molecule has 1 aromatic heterocycles. The highest BCUT2D eigenvalue weighted by molar-refractivity contribution is 5.94. The van der Waals surface area contributed by atoms with E-state index in [0.717, 1.165) is 43.3 Å². The minimum atomic E-state index is -0.0296. The summed E-state index contributed by atoms with van der Waals surface area (Å²) in [6, 6.07) is 12.1. The van der Waals surface area contributed by atoms with Crippen molar-refractivity contribution < 1.29 is 9.21 Å². The molecular formula is C25H37N5O2. The molecule has 2 atom stereocenters. The summed E-state index contributed by atoms with van der Waals surface area (Å²) in [6.45, 7) is 7.61. The van der Waals surface area contributed by atoms with Crippen molar-refractivity contribution in [3.63, 3.8) is 0 Å². The number of piperidine rings is 1. The third kappa shape index (κ3) is 6.85. The summed E-state index contributed by atoms with van der Waals surface area (Å²) in [6.07, 6.45) is 6.42. The van der Waals surface area contributed by atoms with Gasteiger partial charge in [0.25, 0.3) is 5.91 Å². The number of amides is 1. The van der Waals surface area contributed by atoms with Crippen molar-refractivity contribution >= 4 is 11.9 Å². The lowest BCUT2D eigenvalue weighted by Gasteiger charge is -2.33. The molecular weight excluding hydrogens is 402 g/mol. The van der Waals surface area contributed by atoms with E-state index in [2.05, 4.69) is 38.8 Å². The van der Waals surface area contributed by atoms with Crippen LogP contribution >= 0.6 is 0 Å². The van der Waals surface area contributed by atoms with Crippen LogP contribution < -0.4 is 16.0 Å². The van der Waals surface area contributed by atoms with Gasteiger partial charge in [0.15, 0.2) is 5.96 Å². The molecule has 1 aliphatic heterocycles. The second-order valence-corrected chi connectivity index (χ2v) is 8.41. The number of carbonyl (C=O) groups is 1. The summed E-state index contributed by atoms with van der Waals surface area (Å²) in [5.74, 6) is 1.70. The van der Waals surface area contributed by atoms with Crippen LogP contribution in [0.25, 0.3) is 0 Å². The standard InChI is InChI=1S/C25H37N5O2/c1-4-19(2)29-24(31)21-12-10-20(11-13-21)17-27-25(26-3)28-18-22(23-9-8-16-32-23)30-14-6-5-7-15-30/h8-13,16,19,22H,4-7,14-15,17-18H2,1-3H3,(H,29,31)(H2,26,27,28). The topological polar surface area (TPSA) is 81.9 Å². The quantitative estimate of drug-likeness (QED) is 0.410. The second kappa shape index (κ2) is 12.3. The van der Waals surface area contributed by atoms with Crippen LogP contribution in [0.2, 0.25) is 0 Å². The smallest absolute Gasteiger partial charge is 0.251 e. The van der Waals surface area contributed by atoms with Gasteiger partial charge < -0.3 is 20.4 Å². The van der Waals surface area contributed by atoms with Crippen LogP contribution in [0.4, 0.5) is 0 Å². The Morgan fingerprint density at radius 1 is 1.12 bits per heavy atom. The molecule has 0 radical (unpaired) electrons. The number of hydrogen-bond acceptors (Lipinski definition) is 4. The fourth-order valence-corrected chi connectivity index (χ4v) is 3.90. The Hall–Kier alpha value is -2.80. The third-order valence-corrected chi connectivity index (χ3v) is 6.06. The Labute approximate surface area is 191 Å². The van der Waals surface area contributed by atoms with Crippen molar-refractivity contribution in [2.24, 2.45) is 4.99 Å². The van der Waals surface area contributed by atoms with Gasteiger partial charge in [-0.3, -0.25) is 14.7 Å². The normalized spacial score (nSPS) is 16.9. The number of nitrogens with zero attached hydrogens (tertiary/aromatic N) is 2. The molecule has 0 spiro atoms. The van der Waals surface area contributed by atoms with E-state index in [-0.39, 0.29) is 18.0 Å². The molecule has 1 saturated heterocycles. The van der Waals surface area contributed by atoms with Crippen LogP contribution in [0.1, 0.15) is 67.3 Å². The third-order valence-electron chi connectivity index (χ3n) is 6.06. The van der Waals surface area contributed by atoms with Gasteiger partial charge in [-0.25, -0.2) is 0 Å². The van der Waals surface area contributed by atoms with Gasteiger partial charge >= 0.3 is 0 Å². The Kier molecular flexibility index (Phi) is 9.16. The Balaban J connectivity index is 1.52. The molecule has 1 fully saturated rings. The van der Waals surface area contributed by atoms with E-state index in [0.29, 0.717) is 12.1 Å². The van der Waals surface area contributed by atoms with Crippen LogP contribution in [0.5, 0.6) is 0 Å². The van der Waals surface area contributed by atoms with E-state index in [1.165, 1.54) is 19.3 Å². The predicted octanol–water partition coefficient (Wildman–Crippen LogP) is 3.70. The van der Waals surface area contributed by atoms with E-state index in [1.54, 1.807) is 13.3 Å². The van der Waals surface area contributed by atoms with Crippen LogP contribution in [-0.4, -0.2) is 49.5 Å². The number of guanidine groups is 1. The molecule has 0 aliphatic carbocycles. The molecule has 2 unspecified atom stereocenters. The average molecular weight is 440 g/mol. The second-order valence-electron chi connectivity index (χ2n) is 8.41. The summed E-state index contributed by atoms with van der Waals surface area (Å²) >= 11 is 0. The van der Waals surface area contributed by atoms with Gasteiger partial charge in [-0.1, -0.05) is 25.5 Å². The first kappa shape index (κ1) is 23.9. The molecule has 3 rings (SSSR count). The average Bonchev–Trinajstić information content (AvgIpc) is 3.36. The number of likely N-dealkylation sites (tertiary alicyclic amines) is 1. The molecule has 174 valence electrons. The van der Waals surface area contributed by atoms with Crippen LogP contribution in [-0.2, 0) is 6.54 Å². The summed E-state index contributed by atoms with van der Waals surface area (Å²) in [7, 11) is 1.78. The molecule has 2 aromatic rings. The Morgan fingerprint density at radius 3 is 2.50 bits per heavy atom. The van der Waals surface area contributed by atoms with Gasteiger partial charge in [-0.2, -0.15) is 0 Å². The zero-order valence-electron chi connectivity index (χ0n) is 19.6. The van der Waals surface area contributed by atoms with Crippen molar-refractivity contribution in [1.82, 2.24) is 20.9 Å². The SMILES string of the molecule is CCC(C)NC(=O)c1ccc(CNC(=NC)NCC(c2ccco2)N2CCCCC2)cc1. The molecule has 2 heterocycles. The van der Waals surface area contributed by atoms with Crippen molar-refractivity contribution in [3.8, 4) is 0 Å². The van der Waals surface area contributed by atoms with Crippen molar-refractivity contribution in [3.05, 3.63) is 59.5 Å². The maximum Gasteiger partial charge on any atom is 0.251 e. The van der Waals surface area contributed by atoms with E-state index < -0.39 is 0 Å². The van der Waals surface area contributed by atoms with Gasteiger partial charge in [0.1, 0.15) is 5.76 Å². The Morgan fingerprint density at radius 2 is 1.88 bits per heavy atom. The lowest BCUT2D eigenvalue weighted by Crippen LogP contribution is -2.44. The molecule has 3 N–H and O–H groups in total. The zero-order chi connectivity index (χ0) is 22.8. The maximum atomic E-state index is 12.2. The summed E-state index contributed by atoms with van der Waals surface area (Å²) in [5, 5.41) is 9.82. The molecule has 0 saturated carbocycles. The highest BCUT2D eigenvalue weighted by atomic mass is 16.3. The van der Waals surface area contributed by atoms with Crippen molar-refractivity contribution in [1.29, 1.82) is 0 Å². The molecule has 7 nitrogen and oxygen atoms in total. The fourth-order valence-electron chi connectivity index (χ4n) is 3.90. The minimum absolute atomic E-state index is 0.0296. The first-order valence-corrected chi connectivity index (χ1v) is 11.7. The molecule has 32 heavy (non-hydrogen) atoms. The molecule has 1 amide bonds. The molecule has 7 heteroatoms. The first-order chi connectivity index (χ1) is 15.6. The number of carbonyl (C=O) groups excluding carboxylic acids is 1. The number of furan rings is 1. The van der Waals surface area contributed by atoms with Gasteiger partial charge in [-0.15, -0.1) is 0 Å². The molecule has 1 aliphatic rings. The highest BCUT2D eigenvalue weighted by Crippen LogP contribution is 2.24. The number of rotatable bonds is 9. The van der Waals surface area contributed by atoms with E-state index in [4.69, 9.17) is 4.42 Å². The lowest BCUT2D eigenvalue weighted by molar-refractivity contribution is 0.0939. The zero-order valence-corrected chi connectivity index (χ0v) is 19.6. The number of nitrogens with one attached hydrogen (secondary N) is 3. The number of hydrogen-bond donors (Lipinski definition) is 3. The van der Waals surface area contributed by atoms with Gasteiger partial charge in [0, 0.05) is 31.7 Å². The Bertz CT molecular complexity index is 842. The van der Waals surface area contributed by atoms with Crippen molar-refractivity contribution in [2.45, 2.75) is 58.2 Å². The van der Waals surface area contributed by atoms with E-state index in [1.807, 2.05) is 37.3 Å². The van der Waals surface area contributed by atoms with Crippen molar-refractivity contribution in [2.75, 3.05) is 26.7 Å².